The average Bonchev–Trinajstić information content (AvgIpc) is 1.45. The molecule has 0 radical (unpaired) electrons. The molecular formula is C71H50S2. The first-order valence-electron chi connectivity index (χ1n) is 33.7. The summed E-state index contributed by atoms with van der Waals surface area (Å²) in [6.07, 6.45) is 0. The predicted molar refractivity (Wildman–Crippen MR) is 317 cm³/mol. The van der Waals surface area contributed by atoms with Crippen LogP contribution in [0.4, 0.5) is 0 Å². The van der Waals surface area contributed by atoms with Crippen molar-refractivity contribution in [3.8, 4) is 97.4 Å². The van der Waals surface area contributed by atoms with E-state index in [0.717, 1.165) is 0 Å². The van der Waals surface area contributed by atoms with Crippen molar-refractivity contribution in [1.82, 2.24) is 0 Å². The van der Waals surface area contributed by atoms with E-state index in [0.29, 0.717) is 11.3 Å². The number of fused-ring (bicyclic) bond motifs is 2. The van der Waals surface area contributed by atoms with Gasteiger partial charge in [0.1, 0.15) is 0 Å². The van der Waals surface area contributed by atoms with Gasteiger partial charge in [-0.05, 0) is 73.7 Å². The molecule has 2 heterocycles. The largest absolute Gasteiger partial charge is 0.134 e. The summed E-state index contributed by atoms with van der Waals surface area (Å²) in [6.45, 7) is 1.31. The minimum absolute atomic E-state index is 0.110. The van der Waals surface area contributed by atoms with Crippen LogP contribution in [0.1, 0.15) is 34.3 Å². The molecule has 0 aliphatic heterocycles. The van der Waals surface area contributed by atoms with E-state index in [1.807, 2.05) is 11.3 Å². The van der Waals surface area contributed by atoms with Crippen LogP contribution in [0.3, 0.4) is 0 Å². The highest BCUT2D eigenvalue weighted by Crippen LogP contribution is 2.53. The molecule has 0 atom stereocenters. The molecule has 0 bridgehead atoms. The van der Waals surface area contributed by atoms with E-state index < -0.39 is 160 Å². The first-order valence-corrected chi connectivity index (χ1v) is 24.8. The average molecular weight is 988 g/mol. The van der Waals surface area contributed by atoms with Gasteiger partial charge in [-0.2, -0.15) is 0 Å². The number of thiophene rings is 2. The van der Waals surface area contributed by atoms with Crippen molar-refractivity contribution in [3.63, 3.8) is 0 Å². The Labute approximate surface area is 466 Å². The Morgan fingerprint density at radius 2 is 0.644 bits per heavy atom. The van der Waals surface area contributed by atoms with Gasteiger partial charge >= 0.3 is 0 Å². The first-order chi connectivity index (χ1) is 44.9. The smallest absolute Gasteiger partial charge is 0.0630 e. The maximum atomic E-state index is 9.10. The molecule has 73 heavy (non-hydrogen) atoms. The van der Waals surface area contributed by atoms with Crippen LogP contribution in [0.5, 0.6) is 0 Å². The fourth-order valence-electron chi connectivity index (χ4n) is 9.09. The zero-order valence-corrected chi connectivity index (χ0v) is 40.5. The maximum absolute atomic E-state index is 9.10. The molecule has 0 nitrogen and oxygen atoms in total. The van der Waals surface area contributed by atoms with Crippen molar-refractivity contribution in [1.29, 1.82) is 0 Å². The van der Waals surface area contributed by atoms with Crippen LogP contribution >= 0.6 is 22.7 Å². The molecule has 0 saturated carbocycles. The summed E-state index contributed by atoms with van der Waals surface area (Å²) in [7, 11) is 0. The molecule has 0 aliphatic rings. The molecule has 0 spiro atoms. The first kappa shape index (κ1) is 27.8. The number of hydrogen-bond acceptors (Lipinski definition) is 2. The number of benzene rings is 11. The van der Waals surface area contributed by atoms with E-state index in [1.54, 1.807) is 0 Å². The molecule has 0 unspecified atom stereocenters. The monoisotopic (exact) mass is 987 g/mol. The Hall–Kier alpha value is -8.66. The number of hydrogen-bond donors (Lipinski definition) is 0. The molecule has 0 fully saturated rings. The molecule has 0 amide bonds. The lowest BCUT2D eigenvalue weighted by Gasteiger charge is -2.20. The summed E-state index contributed by atoms with van der Waals surface area (Å²) in [5.41, 5.74) is 6.87. The van der Waals surface area contributed by atoms with Gasteiger partial charge in [0.15, 0.2) is 0 Å². The van der Waals surface area contributed by atoms with E-state index in [2.05, 4.69) is 158 Å². The Morgan fingerprint density at radius 1 is 0.247 bits per heavy atom. The highest BCUT2D eigenvalue weighted by molar-refractivity contribution is 7.21. The van der Waals surface area contributed by atoms with Crippen LogP contribution in [0.15, 0.2) is 285 Å². The maximum Gasteiger partial charge on any atom is 0.0630 e. The third-order valence-corrected chi connectivity index (χ3v) is 14.9. The summed E-state index contributed by atoms with van der Waals surface area (Å²) in [5, 5.41) is 1.82. The Bertz CT molecular complexity index is 5020. The Balaban J connectivity index is 0.000000190. The Morgan fingerprint density at radius 3 is 1.22 bits per heavy atom. The minimum Gasteiger partial charge on any atom is -0.134 e. The lowest BCUT2D eigenvalue weighted by Crippen LogP contribution is -1.93. The number of rotatable bonds is 9. The topological polar surface area (TPSA) is 0 Å². The third kappa shape index (κ3) is 8.93. The molecule has 13 rings (SSSR count). The van der Waals surface area contributed by atoms with Crippen LogP contribution in [-0.2, 0) is 0 Å². The standard InChI is InChI=1S/C38H26S.C33H24S/c1-5-15-27(16-6-1)31-25-26-32(28-17-7-2-8-18-28)36(35(31)29-19-9-3-10-20-29)38-34-24-14-13-23-33(34)37(39-38)30-21-11-4-12-22-30;1-23-13-5-6-16-25(23)27-18-8-10-20-29(27)33-31-22-12-11-21-30(31)32(34-33)28-19-9-7-17-26(28)24-14-3-2-4-15-24/h1-26H;2-22H,1H3/i;2D,3D,4D,5D,6D,7D,8D,9D,10D,11D,12D,13D,14D,15D,16D,17D,18D,19D,20D,21D,22D. The van der Waals surface area contributed by atoms with Crippen molar-refractivity contribution >= 4 is 44.2 Å². The minimum atomic E-state index is -0.855. The molecule has 0 aliphatic carbocycles. The van der Waals surface area contributed by atoms with E-state index in [1.165, 1.54) is 72.0 Å². The van der Waals surface area contributed by atoms with Crippen LogP contribution < -0.4 is 0 Å². The SMILES string of the molecule is [2H]c1c([2H])c([2H])c(-c2c([2H])c([2H])c([2H])c([2H])c2-c2sc(-c3c([2H])c([2H])c([2H])c([2H])c3-c3c([2H])c([2H])c([2H])c([2H])c3C)c3c([2H])c([2H])c([2H])c([2H])c23)c([2H])c1[2H].c1ccc(-c2ccc(-c3ccccc3)c(-c3sc(-c4ccccc4)c4ccccc34)c2-c2ccccc2)cc1. The summed E-state index contributed by atoms with van der Waals surface area (Å²) in [6, 6.07) is 40.5. The van der Waals surface area contributed by atoms with Crippen LogP contribution in [0.2, 0.25) is 0 Å². The zero-order valence-electron chi connectivity index (χ0n) is 59.8. The van der Waals surface area contributed by atoms with Gasteiger partial charge in [0.05, 0.1) is 28.8 Å². The molecule has 11 aromatic carbocycles. The van der Waals surface area contributed by atoms with Crippen molar-refractivity contribution in [2.45, 2.75) is 6.92 Å². The lowest BCUT2D eigenvalue weighted by atomic mass is 9.84. The highest BCUT2D eigenvalue weighted by atomic mass is 32.1. The molecule has 2 aromatic heterocycles. The van der Waals surface area contributed by atoms with E-state index >= 15 is 0 Å². The second-order valence-corrected chi connectivity index (χ2v) is 18.7. The fourth-order valence-corrected chi connectivity index (χ4v) is 11.7. The Kier molecular flexibility index (Phi) is 7.84. The van der Waals surface area contributed by atoms with Crippen molar-refractivity contribution in [2.75, 3.05) is 0 Å². The molecule has 0 saturated heterocycles. The predicted octanol–water partition coefficient (Wildman–Crippen LogP) is 21.1. The van der Waals surface area contributed by atoms with Crippen LogP contribution in [-0.4, -0.2) is 0 Å². The van der Waals surface area contributed by atoms with Crippen molar-refractivity contribution < 1.29 is 28.8 Å². The second kappa shape index (κ2) is 20.6. The molecule has 13 aromatic rings. The van der Waals surface area contributed by atoms with Gasteiger partial charge in [0, 0.05) is 57.7 Å². The van der Waals surface area contributed by atoms with Gasteiger partial charge < -0.3 is 0 Å². The summed E-state index contributed by atoms with van der Waals surface area (Å²) in [4.78, 5) is 1.98. The highest BCUT2D eigenvalue weighted by Gasteiger charge is 2.24. The van der Waals surface area contributed by atoms with E-state index in [4.69, 9.17) is 28.8 Å². The van der Waals surface area contributed by atoms with E-state index in [-0.39, 0.29) is 26.3 Å². The quantitative estimate of drug-likeness (QED) is 0.135. The second-order valence-electron chi connectivity index (χ2n) is 16.7. The fraction of sp³-hybridized carbons (Fsp3) is 0.0141. The summed E-state index contributed by atoms with van der Waals surface area (Å²) >= 11 is 2.42. The van der Waals surface area contributed by atoms with Gasteiger partial charge in [-0.25, -0.2) is 0 Å². The van der Waals surface area contributed by atoms with Crippen LogP contribution in [0.25, 0.3) is 119 Å². The normalized spacial score (nSPS) is 15.1. The molecule has 0 N–H and O–H groups in total. The van der Waals surface area contributed by atoms with Gasteiger partial charge in [0.25, 0.3) is 0 Å². The molecule has 346 valence electrons. The van der Waals surface area contributed by atoms with Gasteiger partial charge in [-0.15, -0.1) is 22.7 Å². The van der Waals surface area contributed by atoms with Gasteiger partial charge in [0.2, 0.25) is 0 Å². The zero-order chi connectivity index (χ0) is 67.2. The molecule has 2 heteroatoms. The molecular weight excluding hydrogens is 917 g/mol. The summed E-state index contributed by atoms with van der Waals surface area (Å²) in [5.74, 6) is 0. The third-order valence-electron chi connectivity index (χ3n) is 12.4. The van der Waals surface area contributed by atoms with Gasteiger partial charge in [-0.1, -0.05) is 285 Å². The van der Waals surface area contributed by atoms with Crippen molar-refractivity contribution in [2.24, 2.45) is 0 Å². The summed E-state index contributed by atoms with van der Waals surface area (Å²) < 4.78 is 181. The lowest BCUT2D eigenvalue weighted by molar-refractivity contribution is 1.46. The van der Waals surface area contributed by atoms with Crippen LogP contribution in [0, 0.1) is 6.92 Å². The van der Waals surface area contributed by atoms with Crippen molar-refractivity contribution in [3.05, 3.63) is 290 Å². The van der Waals surface area contributed by atoms with Gasteiger partial charge in [-0.3, -0.25) is 0 Å². The van der Waals surface area contributed by atoms with E-state index in [9.17, 15) is 0 Å².